The fourth-order valence-corrected chi connectivity index (χ4v) is 2.75. The highest BCUT2D eigenvalue weighted by molar-refractivity contribution is 5.83. The third-order valence-corrected chi connectivity index (χ3v) is 3.96. The Morgan fingerprint density at radius 2 is 1.84 bits per heavy atom. The summed E-state index contributed by atoms with van der Waals surface area (Å²) in [5.74, 6) is -2.06. The number of benzene rings is 2. The summed E-state index contributed by atoms with van der Waals surface area (Å²) in [4.78, 5) is 23.5. The fourth-order valence-electron chi connectivity index (χ4n) is 2.75. The van der Waals surface area contributed by atoms with Crippen LogP contribution in [0.2, 0.25) is 0 Å². The van der Waals surface area contributed by atoms with Crippen molar-refractivity contribution >= 4 is 11.9 Å². The lowest BCUT2D eigenvalue weighted by molar-refractivity contribution is -0.138. The highest BCUT2D eigenvalue weighted by Crippen LogP contribution is 2.30. The predicted molar refractivity (Wildman–Crippen MR) is 84.1 cm³/mol. The van der Waals surface area contributed by atoms with Crippen molar-refractivity contribution in [2.45, 2.75) is 25.0 Å². The Bertz CT molecular complexity index is 807. The van der Waals surface area contributed by atoms with E-state index in [2.05, 4.69) is 5.32 Å². The largest absolute Gasteiger partial charge is 0.481 e. The van der Waals surface area contributed by atoms with Crippen molar-refractivity contribution < 1.29 is 28.2 Å². The Morgan fingerprint density at radius 1 is 1.16 bits per heavy atom. The highest BCUT2D eigenvalue weighted by atomic mass is 19.1. The number of carboxylic acids is 1. The van der Waals surface area contributed by atoms with Crippen LogP contribution in [0.5, 0.6) is 5.75 Å². The van der Waals surface area contributed by atoms with Crippen LogP contribution in [0, 0.1) is 11.6 Å². The maximum atomic E-state index is 13.2. The summed E-state index contributed by atoms with van der Waals surface area (Å²) in [6.07, 6.45) is -1.03. The van der Waals surface area contributed by atoms with Crippen LogP contribution in [0.25, 0.3) is 0 Å². The van der Waals surface area contributed by atoms with Gasteiger partial charge in [0.25, 0.3) is 5.91 Å². The zero-order valence-electron chi connectivity index (χ0n) is 13.0. The van der Waals surface area contributed by atoms with Gasteiger partial charge in [0, 0.05) is 12.0 Å². The first-order valence-corrected chi connectivity index (χ1v) is 7.65. The van der Waals surface area contributed by atoms with E-state index in [1.165, 1.54) is 42.5 Å². The summed E-state index contributed by atoms with van der Waals surface area (Å²) in [6.45, 7) is 0. The number of aliphatic carboxylic acids is 1. The van der Waals surface area contributed by atoms with E-state index >= 15 is 0 Å². The van der Waals surface area contributed by atoms with Gasteiger partial charge in [0.2, 0.25) is 0 Å². The molecular weight excluding hydrogens is 332 g/mol. The number of nitrogens with one attached hydrogen (secondary N) is 1. The predicted octanol–water partition coefficient (Wildman–Crippen LogP) is 2.60. The van der Waals surface area contributed by atoms with Crippen molar-refractivity contribution in [3.8, 4) is 5.75 Å². The third-order valence-electron chi connectivity index (χ3n) is 3.96. The van der Waals surface area contributed by atoms with E-state index in [1.54, 1.807) is 0 Å². The van der Waals surface area contributed by atoms with Crippen molar-refractivity contribution in [1.29, 1.82) is 0 Å². The molecule has 0 saturated heterocycles. The summed E-state index contributed by atoms with van der Waals surface area (Å²) in [7, 11) is 0. The first-order valence-electron chi connectivity index (χ1n) is 7.65. The van der Waals surface area contributed by atoms with Gasteiger partial charge in [-0.3, -0.25) is 9.59 Å². The molecule has 2 unspecified atom stereocenters. The molecule has 0 bridgehead atoms. The molecule has 2 atom stereocenters. The van der Waals surface area contributed by atoms with Crippen molar-refractivity contribution in [3.63, 3.8) is 0 Å². The molecule has 0 spiro atoms. The minimum Gasteiger partial charge on any atom is -0.481 e. The Balaban J connectivity index is 1.72. The Hall–Kier alpha value is -2.96. The molecule has 1 aliphatic heterocycles. The standard InChI is InChI=1S/C18H15F2NO4/c19-12-3-1-10(2-4-12)14(9-17(22)23)21-18(24)16-8-11-7-13(20)5-6-15(11)25-16/h1-7,14,16H,8-9H2,(H,21,24)(H,22,23). The van der Waals surface area contributed by atoms with Crippen LogP contribution in [-0.2, 0) is 16.0 Å². The monoisotopic (exact) mass is 347 g/mol. The number of carboxylic acid groups (broad SMARTS) is 1. The molecule has 0 saturated carbocycles. The average Bonchev–Trinajstić information content (AvgIpc) is 2.97. The lowest BCUT2D eigenvalue weighted by atomic mass is 10.0. The molecule has 25 heavy (non-hydrogen) atoms. The van der Waals surface area contributed by atoms with E-state index in [4.69, 9.17) is 9.84 Å². The normalized spacial score (nSPS) is 16.6. The van der Waals surface area contributed by atoms with Crippen molar-refractivity contribution in [2.24, 2.45) is 0 Å². The van der Waals surface area contributed by atoms with Gasteiger partial charge < -0.3 is 15.2 Å². The van der Waals surface area contributed by atoms with Crippen LogP contribution >= 0.6 is 0 Å². The van der Waals surface area contributed by atoms with E-state index in [9.17, 15) is 18.4 Å². The van der Waals surface area contributed by atoms with Crippen LogP contribution < -0.4 is 10.1 Å². The topological polar surface area (TPSA) is 75.6 Å². The van der Waals surface area contributed by atoms with Crippen LogP contribution in [-0.4, -0.2) is 23.1 Å². The van der Waals surface area contributed by atoms with Gasteiger partial charge in [0.05, 0.1) is 12.5 Å². The van der Waals surface area contributed by atoms with Gasteiger partial charge in [-0.1, -0.05) is 12.1 Å². The number of amides is 1. The zero-order valence-corrected chi connectivity index (χ0v) is 13.0. The minimum atomic E-state index is -1.10. The second-order valence-electron chi connectivity index (χ2n) is 5.77. The van der Waals surface area contributed by atoms with E-state index in [0.29, 0.717) is 16.9 Å². The molecule has 1 heterocycles. The van der Waals surface area contributed by atoms with E-state index in [0.717, 1.165) is 0 Å². The van der Waals surface area contributed by atoms with Gasteiger partial charge in [-0.05, 0) is 35.9 Å². The molecule has 1 amide bonds. The maximum Gasteiger partial charge on any atom is 0.305 e. The van der Waals surface area contributed by atoms with Crippen LogP contribution in [0.15, 0.2) is 42.5 Å². The van der Waals surface area contributed by atoms with Crippen molar-refractivity contribution in [2.75, 3.05) is 0 Å². The summed E-state index contributed by atoms with van der Waals surface area (Å²) in [5.41, 5.74) is 1.05. The maximum absolute atomic E-state index is 13.2. The quantitative estimate of drug-likeness (QED) is 0.872. The molecule has 1 aliphatic rings. The lowest BCUT2D eigenvalue weighted by Crippen LogP contribution is -2.40. The second-order valence-corrected chi connectivity index (χ2v) is 5.77. The molecule has 2 aromatic carbocycles. The summed E-state index contributed by atoms with van der Waals surface area (Å²) in [5, 5.41) is 11.7. The smallest absolute Gasteiger partial charge is 0.305 e. The van der Waals surface area contributed by atoms with E-state index < -0.39 is 35.7 Å². The molecule has 0 aromatic heterocycles. The Labute approximate surface area is 142 Å². The van der Waals surface area contributed by atoms with Crippen LogP contribution in [0.1, 0.15) is 23.6 Å². The van der Waals surface area contributed by atoms with Crippen LogP contribution in [0.3, 0.4) is 0 Å². The SMILES string of the molecule is O=C(O)CC(NC(=O)C1Cc2cc(F)ccc2O1)c1ccc(F)cc1. The second kappa shape index (κ2) is 6.88. The molecule has 2 aromatic rings. The number of halogens is 2. The first kappa shape index (κ1) is 16.9. The van der Waals surface area contributed by atoms with Crippen LogP contribution in [0.4, 0.5) is 8.78 Å². The minimum absolute atomic E-state index is 0.197. The zero-order chi connectivity index (χ0) is 18.0. The number of carbonyl (C=O) groups is 2. The summed E-state index contributed by atoms with van der Waals surface area (Å²) in [6, 6.07) is 8.40. The van der Waals surface area contributed by atoms with E-state index in [1.807, 2.05) is 0 Å². The molecule has 7 heteroatoms. The van der Waals surface area contributed by atoms with Gasteiger partial charge in [-0.15, -0.1) is 0 Å². The number of carbonyl (C=O) groups excluding carboxylic acids is 1. The fraction of sp³-hybridized carbons (Fsp3) is 0.222. The number of rotatable bonds is 5. The molecule has 0 fully saturated rings. The van der Waals surface area contributed by atoms with Crippen molar-refractivity contribution in [3.05, 3.63) is 65.2 Å². The van der Waals surface area contributed by atoms with Gasteiger partial charge in [-0.25, -0.2) is 8.78 Å². The van der Waals surface area contributed by atoms with Gasteiger partial charge in [-0.2, -0.15) is 0 Å². The molecule has 5 nitrogen and oxygen atoms in total. The molecular formula is C18H15F2NO4. The number of hydrogen-bond acceptors (Lipinski definition) is 3. The molecule has 130 valence electrons. The van der Waals surface area contributed by atoms with Crippen molar-refractivity contribution in [1.82, 2.24) is 5.32 Å². The Morgan fingerprint density at radius 3 is 2.52 bits per heavy atom. The first-order chi connectivity index (χ1) is 11.9. The van der Waals surface area contributed by atoms with Gasteiger partial charge in [0.1, 0.15) is 17.4 Å². The summed E-state index contributed by atoms with van der Waals surface area (Å²) >= 11 is 0. The average molecular weight is 347 g/mol. The number of ether oxygens (including phenoxy) is 1. The molecule has 3 rings (SSSR count). The number of hydrogen-bond donors (Lipinski definition) is 2. The number of fused-ring (bicyclic) bond motifs is 1. The molecule has 0 radical (unpaired) electrons. The molecule has 2 N–H and O–H groups in total. The third kappa shape index (κ3) is 3.93. The van der Waals surface area contributed by atoms with Gasteiger partial charge in [0.15, 0.2) is 6.10 Å². The summed E-state index contributed by atoms with van der Waals surface area (Å²) < 4.78 is 31.8. The van der Waals surface area contributed by atoms with E-state index in [-0.39, 0.29) is 12.8 Å². The lowest BCUT2D eigenvalue weighted by Gasteiger charge is -2.20. The van der Waals surface area contributed by atoms with Gasteiger partial charge >= 0.3 is 5.97 Å². The Kier molecular flexibility index (Phi) is 4.65. The molecule has 0 aliphatic carbocycles. The highest BCUT2D eigenvalue weighted by Gasteiger charge is 2.31.